The van der Waals surface area contributed by atoms with Crippen molar-refractivity contribution in [1.29, 1.82) is 0 Å². The van der Waals surface area contributed by atoms with Crippen molar-refractivity contribution >= 4 is 5.78 Å². The first-order valence-electron chi connectivity index (χ1n) is 9.78. The number of nitrogens with one attached hydrogen (secondary N) is 2. The van der Waals surface area contributed by atoms with Crippen LogP contribution in [0, 0.1) is 10.8 Å². The Labute approximate surface area is 146 Å². The fourth-order valence-electron chi connectivity index (χ4n) is 5.93. The lowest BCUT2D eigenvalue weighted by Crippen LogP contribution is -3.41. The average molecular weight is 329 g/mol. The van der Waals surface area contributed by atoms with Crippen molar-refractivity contribution in [1.82, 2.24) is 0 Å². The molecule has 130 valence electrons. The maximum Gasteiger partial charge on any atom is 0.240 e. The smallest absolute Gasteiger partial charge is 0.240 e. The van der Waals surface area contributed by atoms with E-state index in [0.29, 0.717) is 17.9 Å². The summed E-state index contributed by atoms with van der Waals surface area (Å²) in [6.45, 7) is 13.1. The van der Waals surface area contributed by atoms with E-state index in [0.717, 1.165) is 39.0 Å². The fourth-order valence-corrected chi connectivity index (χ4v) is 5.93. The third kappa shape index (κ3) is 2.07. The monoisotopic (exact) mass is 328 g/mol. The van der Waals surface area contributed by atoms with E-state index < -0.39 is 0 Å². The molecule has 0 aromatic heterocycles. The van der Waals surface area contributed by atoms with Crippen LogP contribution in [-0.2, 0) is 4.79 Å². The molecule has 3 nitrogen and oxygen atoms in total. The zero-order valence-electron chi connectivity index (χ0n) is 15.6. The van der Waals surface area contributed by atoms with Gasteiger partial charge in [0.05, 0.1) is 5.56 Å². The van der Waals surface area contributed by atoms with Crippen LogP contribution in [0.15, 0.2) is 24.3 Å². The Morgan fingerprint density at radius 1 is 0.958 bits per heavy atom. The highest BCUT2D eigenvalue weighted by atomic mass is 16.1. The Balaban J connectivity index is 1.69. The topological polar surface area (TPSA) is 26.0 Å². The van der Waals surface area contributed by atoms with Gasteiger partial charge in [-0.1, -0.05) is 39.8 Å². The molecule has 4 aliphatic rings. The summed E-state index contributed by atoms with van der Waals surface area (Å²) >= 11 is 0. The number of hydrogen-bond donors (Lipinski definition) is 2. The van der Waals surface area contributed by atoms with Crippen molar-refractivity contribution in [2.45, 2.75) is 52.6 Å². The molecule has 0 unspecified atom stereocenters. The van der Waals surface area contributed by atoms with Gasteiger partial charge in [0.15, 0.2) is 5.78 Å². The highest BCUT2D eigenvalue weighted by Gasteiger charge is 2.70. The molecule has 0 aliphatic carbocycles. The minimum atomic E-state index is -0.0500. The number of hydrogen-bond acceptors (Lipinski definition) is 1. The van der Waals surface area contributed by atoms with Gasteiger partial charge in [0, 0.05) is 0 Å². The van der Waals surface area contributed by atoms with E-state index >= 15 is 0 Å². The second kappa shape index (κ2) is 5.40. The van der Waals surface area contributed by atoms with Gasteiger partial charge >= 0.3 is 0 Å². The molecule has 4 saturated heterocycles. The van der Waals surface area contributed by atoms with Crippen LogP contribution in [-0.4, -0.2) is 32.0 Å². The van der Waals surface area contributed by atoms with Crippen molar-refractivity contribution in [3.63, 3.8) is 0 Å². The lowest BCUT2D eigenvalue weighted by atomic mass is 9.58. The van der Waals surface area contributed by atoms with E-state index in [4.69, 9.17) is 0 Å². The van der Waals surface area contributed by atoms with Gasteiger partial charge < -0.3 is 0 Å². The van der Waals surface area contributed by atoms with E-state index in [1.807, 2.05) is 0 Å². The lowest BCUT2D eigenvalue weighted by Gasteiger charge is -2.60. The molecule has 4 heterocycles. The SMILES string of the molecule is CCC12C[NH+]3CC(CC)(C[NH+](C1)C3c1ccc(C(C)C)cc1)C2=O. The van der Waals surface area contributed by atoms with Crippen LogP contribution in [0.1, 0.15) is 63.7 Å². The minimum absolute atomic E-state index is 0.0500. The highest BCUT2D eigenvalue weighted by Crippen LogP contribution is 2.40. The van der Waals surface area contributed by atoms with Crippen LogP contribution >= 0.6 is 0 Å². The van der Waals surface area contributed by atoms with Crippen molar-refractivity contribution in [2.24, 2.45) is 10.8 Å². The summed E-state index contributed by atoms with van der Waals surface area (Å²) in [5, 5.41) is 0. The van der Waals surface area contributed by atoms with E-state index in [2.05, 4.69) is 52.0 Å². The zero-order chi connectivity index (χ0) is 17.1. The second-order valence-corrected chi connectivity index (χ2v) is 8.87. The first-order chi connectivity index (χ1) is 11.4. The Morgan fingerprint density at radius 3 is 1.79 bits per heavy atom. The third-order valence-electron chi connectivity index (χ3n) is 7.33. The molecule has 4 bridgehead atoms. The summed E-state index contributed by atoms with van der Waals surface area (Å²) in [5.41, 5.74) is 2.79. The number of carbonyl (C=O) groups is 1. The minimum Gasteiger partial charge on any atom is -0.297 e. The van der Waals surface area contributed by atoms with Crippen LogP contribution in [0.2, 0.25) is 0 Å². The fraction of sp³-hybridized carbons (Fsp3) is 0.667. The Bertz CT molecular complexity index is 606. The highest BCUT2D eigenvalue weighted by molar-refractivity contribution is 5.92. The number of piperidine rings is 2. The number of Topliss-reactive ketones (excluding diaryl/α,β-unsaturated/α-hetero) is 1. The molecular formula is C21H32N2O+2. The Kier molecular flexibility index (Phi) is 3.67. The van der Waals surface area contributed by atoms with Crippen molar-refractivity contribution in [3.05, 3.63) is 35.4 Å². The average Bonchev–Trinajstić information content (AvgIpc) is 2.58. The molecule has 3 heteroatoms. The van der Waals surface area contributed by atoms with Crippen molar-refractivity contribution < 1.29 is 14.6 Å². The Morgan fingerprint density at radius 2 is 1.42 bits per heavy atom. The first-order valence-corrected chi connectivity index (χ1v) is 9.78. The molecule has 4 fully saturated rings. The number of ketones is 1. The van der Waals surface area contributed by atoms with Gasteiger partial charge in [-0.05, 0) is 36.5 Å². The van der Waals surface area contributed by atoms with Gasteiger partial charge in [-0.3, -0.25) is 14.6 Å². The van der Waals surface area contributed by atoms with Gasteiger partial charge in [-0.15, -0.1) is 0 Å². The molecule has 2 N–H and O–H groups in total. The second-order valence-electron chi connectivity index (χ2n) is 8.87. The molecule has 0 spiro atoms. The summed E-state index contributed by atoms with van der Waals surface area (Å²) in [5.74, 6) is 1.18. The van der Waals surface area contributed by atoms with E-state index in [9.17, 15) is 4.79 Å². The number of carbonyl (C=O) groups excluding carboxylic acids is 1. The summed E-state index contributed by atoms with van der Waals surface area (Å²) in [7, 11) is 0. The molecule has 0 amide bonds. The molecule has 0 atom stereocenters. The number of rotatable bonds is 4. The maximum atomic E-state index is 13.2. The van der Waals surface area contributed by atoms with Gasteiger partial charge in [0.25, 0.3) is 0 Å². The standard InChI is InChI=1S/C21H30N2O/c1-5-20-11-22-13-21(6-2,19(20)24)14-23(12-20)18(22)17-9-7-16(8-10-17)15(3)4/h7-10,15,18H,5-6,11-14H2,1-4H3/p+2. The lowest BCUT2D eigenvalue weighted by molar-refractivity contribution is -1.18. The van der Waals surface area contributed by atoms with E-state index in [1.165, 1.54) is 11.1 Å². The Hall–Kier alpha value is -1.19. The summed E-state index contributed by atoms with van der Waals surface area (Å²) < 4.78 is 0. The van der Waals surface area contributed by atoms with Crippen LogP contribution < -0.4 is 9.80 Å². The molecule has 0 radical (unpaired) electrons. The summed E-state index contributed by atoms with van der Waals surface area (Å²) in [4.78, 5) is 16.5. The normalized spacial score (nSPS) is 40.5. The third-order valence-corrected chi connectivity index (χ3v) is 7.33. The van der Waals surface area contributed by atoms with Crippen LogP contribution in [0.25, 0.3) is 0 Å². The van der Waals surface area contributed by atoms with Gasteiger partial charge in [0.2, 0.25) is 6.17 Å². The summed E-state index contributed by atoms with van der Waals surface area (Å²) in [6, 6.07) is 9.31. The molecule has 5 rings (SSSR count). The largest absolute Gasteiger partial charge is 0.297 e. The van der Waals surface area contributed by atoms with Crippen molar-refractivity contribution in [2.75, 3.05) is 26.2 Å². The predicted octanol–water partition coefficient (Wildman–Crippen LogP) is 0.981. The molecular weight excluding hydrogens is 296 g/mol. The molecule has 1 aromatic rings. The van der Waals surface area contributed by atoms with Gasteiger partial charge in [-0.25, -0.2) is 0 Å². The molecule has 4 aliphatic heterocycles. The number of benzene rings is 1. The van der Waals surface area contributed by atoms with Gasteiger partial charge in [-0.2, -0.15) is 0 Å². The van der Waals surface area contributed by atoms with E-state index in [-0.39, 0.29) is 10.8 Å². The molecule has 24 heavy (non-hydrogen) atoms. The molecule has 1 aromatic carbocycles. The van der Waals surface area contributed by atoms with Crippen molar-refractivity contribution in [3.8, 4) is 0 Å². The van der Waals surface area contributed by atoms with E-state index in [1.54, 1.807) is 9.80 Å². The first kappa shape index (κ1) is 16.3. The van der Waals surface area contributed by atoms with Gasteiger partial charge in [0.1, 0.15) is 37.0 Å². The van der Waals surface area contributed by atoms with Crippen LogP contribution in [0.4, 0.5) is 0 Å². The van der Waals surface area contributed by atoms with Crippen LogP contribution in [0.5, 0.6) is 0 Å². The van der Waals surface area contributed by atoms with Crippen LogP contribution in [0.3, 0.4) is 0 Å². The summed E-state index contributed by atoms with van der Waals surface area (Å²) in [6.07, 6.45) is 2.55. The quantitative estimate of drug-likeness (QED) is 0.847. The maximum absolute atomic E-state index is 13.2. The molecule has 0 saturated carbocycles. The number of quaternary nitrogens is 2. The predicted molar refractivity (Wildman–Crippen MR) is 95.1 cm³/mol. The zero-order valence-corrected chi connectivity index (χ0v) is 15.6.